The predicted octanol–water partition coefficient (Wildman–Crippen LogP) is 2.75. The van der Waals surface area contributed by atoms with Crippen LogP contribution in [0.25, 0.3) is 0 Å². The van der Waals surface area contributed by atoms with Gasteiger partial charge in [0.1, 0.15) is 0 Å². The lowest BCUT2D eigenvalue weighted by Crippen LogP contribution is -2.36. The minimum Gasteiger partial charge on any atom is -0.311 e. The van der Waals surface area contributed by atoms with Crippen LogP contribution in [0.4, 0.5) is 0 Å². The number of hydrogen-bond acceptors (Lipinski definition) is 2. The van der Waals surface area contributed by atoms with Crippen LogP contribution in [0.5, 0.6) is 0 Å². The Balaban J connectivity index is 1.80. The lowest BCUT2D eigenvalue weighted by Gasteiger charge is -2.28. The molecule has 70 valence electrons. The summed E-state index contributed by atoms with van der Waals surface area (Å²) >= 11 is 1.93. The van der Waals surface area contributed by atoms with Crippen LogP contribution in [0.15, 0.2) is 17.5 Å². The molecule has 13 heavy (non-hydrogen) atoms. The molecule has 0 saturated carbocycles. The Morgan fingerprint density at radius 3 is 2.62 bits per heavy atom. The van der Waals surface area contributed by atoms with E-state index in [4.69, 9.17) is 0 Å². The molecule has 1 aromatic rings. The number of hydrogen-bond donors (Lipinski definition) is 1. The Morgan fingerprint density at radius 1 is 1.23 bits per heavy atom. The Labute approximate surface area is 83.2 Å². The van der Waals surface area contributed by atoms with Gasteiger partial charge >= 0.3 is 0 Å². The van der Waals surface area contributed by atoms with Gasteiger partial charge in [0, 0.05) is 17.0 Å². The van der Waals surface area contributed by atoms with Gasteiger partial charge in [0.15, 0.2) is 0 Å². The highest BCUT2D eigenvalue weighted by Gasteiger charge is 2.34. The third-order valence-corrected chi connectivity index (χ3v) is 4.45. The van der Waals surface area contributed by atoms with E-state index >= 15 is 0 Å². The van der Waals surface area contributed by atoms with Crippen LogP contribution in [-0.4, -0.2) is 12.1 Å². The van der Waals surface area contributed by atoms with E-state index in [-0.39, 0.29) is 0 Å². The van der Waals surface area contributed by atoms with Crippen molar-refractivity contribution < 1.29 is 0 Å². The second kappa shape index (κ2) is 3.10. The van der Waals surface area contributed by atoms with Crippen molar-refractivity contribution in [3.63, 3.8) is 0 Å². The summed E-state index contributed by atoms with van der Waals surface area (Å²) in [6.45, 7) is 0. The number of rotatable bonds is 1. The van der Waals surface area contributed by atoms with Gasteiger partial charge in [-0.05, 0) is 43.0 Å². The molecule has 2 saturated heterocycles. The molecule has 0 aliphatic carbocycles. The number of thiophene rings is 1. The largest absolute Gasteiger partial charge is 0.311 e. The zero-order valence-corrected chi connectivity index (χ0v) is 8.52. The van der Waals surface area contributed by atoms with Crippen LogP contribution in [-0.2, 0) is 0 Å². The summed E-state index contributed by atoms with van der Waals surface area (Å²) in [5.41, 5.74) is 0. The SMILES string of the molecule is c1csc([C@H]2C[C@H]3CC[C@@H](C2)N3)c1. The summed E-state index contributed by atoms with van der Waals surface area (Å²) in [6.07, 6.45) is 5.56. The molecule has 1 nitrogen and oxygen atoms in total. The van der Waals surface area contributed by atoms with Gasteiger partial charge in [-0.25, -0.2) is 0 Å². The van der Waals surface area contributed by atoms with E-state index in [2.05, 4.69) is 22.8 Å². The fourth-order valence-electron chi connectivity index (χ4n) is 2.81. The van der Waals surface area contributed by atoms with Gasteiger partial charge in [0.25, 0.3) is 0 Å². The van der Waals surface area contributed by atoms with Gasteiger partial charge in [-0.15, -0.1) is 11.3 Å². The molecule has 1 N–H and O–H groups in total. The van der Waals surface area contributed by atoms with Crippen LogP contribution in [0, 0.1) is 0 Å². The maximum Gasteiger partial charge on any atom is 0.00773 e. The molecule has 2 fully saturated rings. The normalized spacial score (nSPS) is 38.0. The molecule has 0 unspecified atom stereocenters. The molecule has 0 aromatic carbocycles. The molecule has 0 radical (unpaired) electrons. The number of fused-ring (bicyclic) bond motifs is 2. The molecule has 3 atom stereocenters. The molecule has 0 spiro atoms. The van der Waals surface area contributed by atoms with Crippen molar-refractivity contribution in [3.05, 3.63) is 22.4 Å². The molecule has 2 aliphatic heterocycles. The summed E-state index contributed by atoms with van der Waals surface area (Å²) in [6, 6.07) is 6.14. The molecule has 1 aromatic heterocycles. The second-order valence-corrected chi connectivity index (χ2v) is 5.30. The molecular formula is C11H15NS. The van der Waals surface area contributed by atoms with E-state index in [9.17, 15) is 0 Å². The van der Waals surface area contributed by atoms with Crippen LogP contribution in [0.3, 0.4) is 0 Å². The maximum absolute atomic E-state index is 3.69. The highest BCUT2D eigenvalue weighted by molar-refractivity contribution is 7.10. The maximum atomic E-state index is 3.69. The van der Waals surface area contributed by atoms with Crippen molar-refractivity contribution in [2.45, 2.75) is 43.7 Å². The van der Waals surface area contributed by atoms with E-state index in [1.807, 2.05) is 11.3 Å². The second-order valence-electron chi connectivity index (χ2n) is 4.32. The molecule has 2 heteroatoms. The first-order valence-corrected chi connectivity index (χ1v) is 6.09. The van der Waals surface area contributed by atoms with Crippen molar-refractivity contribution in [2.24, 2.45) is 0 Å². The van der Waals surface area contributed by atoms with Crippen molar-refractivity contribution in [3.8, 4) is 0 Å². The molecular weight excluding hydrogens is 178 g/mol. The Morgan fingerprint density at radius 2 is 2.00 bits per heavy atom. The monoisotopic (exact) mass is 193 g/mol. The molecule has 0 amide bonds. The summed E-state index contributed by atoms with van der Waals surface area (Å²) < 4.78 is 0. The zero-order chi connectivity index (χ0) is 8.67. The first-order chi connectivity index (χ1) is 6.42. The van der Waals surface area contributed by atoms with Gasteiger partial charge in [-0.1, -0.05) is 6.07 Å². The fraction of sp³-hybridized carbons (Fsp3) is 0.636. The Hall–Kier alpha value is -0.340. The highest BCUT2D eigenvalue weighted by atomic mass is 32.1. The molecule has 3 heterocycles. The van der Waals surface area contributed by atoms with Crippen molar-refractivity contribution in [1.82, 2.24) is 5.32 Å². The standard InChI is InChI=1S/C11H15NS/c1-2-11(13-5-1)8-6-9-3-4-10(7-8)12-9/h1-2,5,8-10,12H,3-4,6-7H2/t8-,9+,10-. The highest BCUT2D eigenvalue weighted by Crippen LogP contribution is 2.38. The topological polar surface area (TPSA) is 12.0 Å². The van der Waals surface area contributed by atoms with E-state index in [1.165, 1.54) is 25.7 Å². The van der Waals surface area contributed by atoms with Crippen LogP contribution < -0.4 is 5.32 Å². The third-order valence-electron chi connectivity index (χ3n) is 3.42. The van der Waals surface area contributed by atoms with Crippen molar-refractivity contribution in [1.29, 1.82) is 0 Å². The lowest BCUT2D eigenvalue weighted by atomic mass is 9.91. The van der Waals surface area contributed by atoms with E-state index in [1.54, 1.807) is 4.88 Å². The number of nitrogens with one attached hydrogen (secondary N) is 1. The fourth-order valence-corrected chi connectivity index (χ4v) is 3.67. The van der Waals surface area contributed by atoms with Crippen LogP contribution >= 0.6 is 11.3 Å². The summed E-state index contributed by atoms with van der Waals surface area (Å²) in [4.78, 5) is 1.61. The molecule has 2 aliphatic rings. The van der Waals surface area contributed by atoms with Gasteiger partial charge in [0.2, 0.25) is 0 Å². The third kappa shape index (κ3) is 1.42. The lowest BCUT2D eigenvalue weighted by molar-refractivity contribution is 0.366. The quantitative estimate of drug-likeness (QED) is 0.723. The minimum absolute atomic E-state index is 0.825. The average molecular weight is 193 g/mol. The molecule has 3 rings (SSSR count). The first kappa shape index (κ1) is 8.01. The number of piperidine rings is 1. The van der Waals surface area contributed by atoms with Gasteiger partial charge in [-0.3, -0.25) is 0 Å². The Bertz CT molecular complexity index is 268. The smallest absolute Gasteiger partial charge is 0.00773 e. The van der Waals surface area contributed by atoms with Gasteiger partial charge in [0.05, 0.1) is 0 Å². The average Bonchev–Trinajstić information content (AvgIpc) is 2.75. The minimum atomic E-state index is 0.825. The van der Waals surface area contributed by atoms with Crippen LogP contribution in [0.1, 0.15) is 36.5 Å². The summed E-state index contributed by atoms with van der Waals surface area (Å²) in [7, 11) is 0. The summed E-state index contributed by atoms with van der Waals surface area (Å²) in [5.74, 6) is 0.860. The summed E-state index contributed by atoms with van der Waals surface area (Å²) in [5, 5.41) is 5.89. The van der Waals surface area contributed by atoms with E-state index < -0.39 is 0 Å². The van der Waals surface area contributed by atoms with Gasteiger partial charge in [-0.2, -0.15) is 0 Å². The van der Waals surface area contributed by atoms with Crippen molar-refractivity contribution >= 4 is 11.3 Å². The first-order valence-electron chi connectivity index (χ1n) is 5.21. The predicted molar refractivity (Wildman–Crippen MR) is 56.2 cm³/mol. The van der Waals surface area contributed by atoms with Crippen molar-refractivity contribution in [2.75, 3.05) is 0 Å². The van der Waals surface area contributed by atoms with Gasteiger partial charge < -0.3 is 5.32 Å². The zero-order valence-electron chi connectivity index (χ0n) is 7.70. The molecule has 2 bridgehead atoms. The van der Waals surface area contributed by atoms with E-state index in [0.29, 0.717) is 0 Å². The van der Waals surface area contributed by atoms with Crippen LogP contribution in [0.2, 0.25) is 0 Å². The Kier molecular flexibility index (Phi) is 1.91. The van der Waals surface area contributed by atoms with E-state index in [0.717, 1.165) is 18.0 Å².